The van der Waals surface area contributed by atoms with Crippen molar-refractivity contribution in [2.24, 2.45) is 0 Å². The third-order valence-electron chi connectivity index (χ3n) is 5.86. The van der Waals surface area contributed by atoms with Crippen LogP contribution in [0.1, 0.15) is 25.0 Å². The molecule has 0 aromatic heterocycles. The number of amides is 2. The zero-order valence-corrected chi connectivity index (χ0v) is 24.9. The van der Waals surface area contributed by atoms with Crippen molar-refractivity contribution in [1.29, 1.82) is 0 Å². The molecule has 39 heavy (non-hydrogen) atoms. The Bertz CT molecular complexity index is 1420. The van der Waals surface area contributed by atoms with E-state index in [1.165, 1.54) is 23.1 Å². The Morgan fingerprint density at radius 3 is 2.13 bits per heavy atom. The molecular formula is C28H30Cl3N3O4S. The Morgan fingerprint density at radius 2 is 1.54 bits per heavy atom. The van der Waals surface area contributed by atoms with Crippen LogP contribution in [0.5, 0.6) is 0 Å². The number of anilines is 1. The fourth-order valence-corrected chi connectivity index (χ4v) is 5.64. The van der Waals surface area contributed by atoms with Crippen LogP contribution in [-0.2, 0) is 32.6 Å². The van der Waals surface area contributed by atoms with E-state index in [-0.39, 0.29) is 35.6 Å². The largest absolute Gasteiger partial charge is 0.352 e. The maximum absolute atomic E-state index is 14.0. The summed E-state index contributed by atoms with van der Waals surface area (Å²) in [6.07, 6.45) is 1.19. The first kappa shape index (κ1) is 30.8. The topological polar surface area (TPSA) is 86.8 Å². The highest BCUT2D eigenvalue weighted by molar-refractivity contribution is 7.92. The van der Waals surface area contributed by atoms with Gasteiger partial charge in [0.25, 0.3) is 0 Å². The quantitative estimate of drug-likeness (QED) is 0.307. The second-order valence-electron chi connectivity index (χ2n) is 9.35. The van der Waals surface area contributed by atoms with E-state index in [4.69, 9.17) is 34.8 Å². The molecule has 2 amide bonds. The minimum Gasteiger partial charge on any atom is -0.352 e. The lowest BCUT2D eigenvalue weighted by Crippen LogP contribution is -2.54. The summed E-state index contributed by atoms with van der Waals surface area (Å²) in [4.78, 5) is 28.9. The van der Waals surface area contributed by atoms with Crippen molar-refractivity contribution in [2.45, 2.75) is 38.9 Å². The van der Waals surface area contributed by atoms with E-state index >= 15 is 0 Å². The minimum atomic E-state index is -3.96. The number of carbonyl (C=O) groups excluding carboxylic acids is 2. The van der Waals surface area contributed by atoms with E-state index in [1.54, 1.807) is 24.3 Å². The van der Waals surface area contributed by atoms with Gasteiger partial charge in [0.05, 0.1) is 17.0 Å². The number of hydrogen-bond acceptors (Lipinski definition) is 4. The number of sulfonamides is 1. The number of rotatable bonds is 11. The molecule has 0 aliphatic heterocycles. The molecule has 208 valence electrons. The number of nitrogens with one attached hydrogen (secondary N) is 1. The van der Waals surface area contributed by atoms with E-state index in [0.29, 0.717) is 15.6 Å². The van der Waals surface area contributed by atoms with Gasteiger partial charge < -0.3 is 10.2 Å². The Morgan fingerprint density at radius 1 is 0.897 bits per heavy atom. The third kappa shape index (κ3) is 8.60. The molecule has 3 aromatic rings. The minimum absolute atomic E-state index is 0.0204. The maximum atomic E-state index is 14.0. The molecule has 0 radical (unpaired) electrons. The molecule has 0 aliphatic rings. The highest BCUT2D eigenvalue weighted by atomic mass is 35.5. The van der Waals surface area contributed by atoms with Gasteiger partial charge in [-0.3, -0.25) is 13.9 Å². The van der Waals surface area contributed by atoms with Crippen molar-refractivity contribution in [1.82, 2.24) is 10.2 Å². The average Bonchev–Trinajstić information content (AvgIpc) is 2.85. The summed E-state index contributed by atoms with van der Waals surface area (Å²) in [6.45, 7) is 3.04. The molecule has 3 aromatic carbocycles. The predicted octanol–water partition coefficient (Wildman–Crippen LogP) is 5.58. The molecule has 1 atom stereocenters. The molecular weight excluding hydrogens is 581 g/mol. The smallest absolute Gasteiger partial charge is 0.244 e. The van der Waals surface area contributed by atoms with Gasteiger partial charge in [-0.1, -0.05) is 83.3 Å². The van der Waals surface area contributed by atoms with Gasteiger partial charge in [0.15, 0.2) is 0 Å². The summed E-state index contributed by atoms with van der Waals surface area (Å²) < 4.78 is 26.6. The van der Waals surface area contributed by atoms with Crippen LogP contribution in [0.2, 0.25) is 15.1 Å². The van der Waals surface area contributed by atoms with Gasteiger partial charge in [-0.15, -0.1) is 0 Å². The van der Waals surface area contributed by atoms with Gasteiger partial charge in [0.2, 0.25) is 21.8 Å². The zero-order valence-electron chi connectivity index (χ0n) is 21.8. The summed E-state index contributed by atoms with van der Waals surface area (Å²) >= 11 is 18.8. The average molecular weight is 611 g/mol. The van der Waals surface area contributed by atoms with Gasteiger partial charge in [-0.2, -0.15) is 0 Å². The van der Waals surface area contributed by atoms with Crippen LogP contribution in [-0.4, -0.2) is 50.0 Å². The third-order valence-corrected chi connectivity index (χ3v) is 7.89. The molecule has 0 bridgehead atoms. The van der Waals surface area contributed by atoms with E-state index in [1.807, 2.05) is 44.2 Å². The van der Waals surface area contributed by atoms with Crippen molar-refractivity contribution in [2.75, 3.05) is 17.1 Å². The highest BCUT2D eigenvalue weighted by Crippen LogP contribution is 2.31. The highest BCUT2D eigenvalue weighted by Gasteiger charge is 2.34. The van der Waals surface area contributed by atoms with Crippen molar-refractivity contribution in [3.63, 3.8) is 0 Å². The Hall–Kier alpha value is -2.78. The Kier molecular flexibility index (Phi) is 10.7. The Labute approximate surface area is 244 Å². The normalized spacial score (nSPS) is 12.2. The van der Waals surface area contributed by atoms with Gasteiger partial charge >= 0.3 is 0 Å². The molecule has 0 spiro atoms. The van der Waals surface area contributed by atoms with E-state index in [0.717, 1.165) is 16.1 Å². The first-order chi connectivity index (χ1) is 18.4. The van der Waals surface area contributed by atoms with Crippen LogP contribution in [0.4, 0.5) is 5.69 Å². The van der Waals surface area contributed by atoms with Crippen molar-refractivity contribution < 1.29 is 18.0 Å². The van der Waals surface area contributed by atoms with Gasteiger partial charge in [0, 0.05) is 29.1 Å². The lowest BCUT2D eigenvalue weighted by Gasteiger charge is -2.34. The molecule has 3 rings (SSSR count). The van der Waals surface area contributed by atoms with Crippen LogP contribution < -0.4 is 9.62 Å². The van der Waals surface area contributed by atoms with E-state index < -0.39 is 28.5 Å². The number of hydrogen-bond donors (Lipinski definition) is 1. The molecule has 0 unspecified atom stereocenters. The van der Waals surface area contributed by atoms with Gasteiger partial charge in [0.1, 0.15) is 12.6 Å². The van der Waals surface area contributed by atoms with Crippen molar-refractivity contribution in [3.05, 3.63) is 99.0 Å². The fraction of sp³-hybridized carbons (Fsp3) is 0.286. The molecule has 0 aliphatic carbocycles. The number of nitrogens with zero attached hydrogens (tertiary/aromatic N) is 2. The molecule has 0 saturated carbocycles. The number of carbonyl (C=O) groups is 2. The summed E-state index contributed by atoms with van der Waals surface area (Å²) in [5, 5.41) is 3.69. The van der Waals surface area contributed by atoms with E-state index in [2.05, 4.69) is 5.32 Å². The molecule has 7 nitrogen and oxygen atoms in total. The fourth-order valence-electron chi connectivity index (χ4n) is 4.02. The van der Waals surface area contributed by atoms with Crippen LogP contribution in [0.25, 0.3) is 0 Å². The van der Waals surface area contributed by atoms with Crippen LogP contribution in [0.15, 0.2) is 72.8 Å². The van der Waals surface area contributed by atoms with Gasteiger partial charge in [-0.25, -0.2) is 8.42 Å². The Balaban J connectivity index is 2.08. The summed E-state index contributed by atoms with van der Waals surface area (Å²) in [7, 11) is -3.96. The maximum Gasteiger partial charge on any atom is 0.244 e. The SMILES string of the molecule is CC(C)NC(=O)[C@H](Cc1ccccc1)N(Cc1ccccc1Cl)C(=O)CN(c1ccc(Cl)cc1Cl)S(C)(=O)=O. The standard InChI is InChI=1S/C28H30Cl3N3O4S/c1-19(2)32-28(36)26(15-20-9-5-4-6-10-20)33(17-21-11-7-8-12-23(21)30)27(35)18-34(39(3,37)38)25-14-13-22(29)16-24(25)31/h4-14,16,19,26H,15,17-18H2,1-3H3,(H,32,36)/t26-/m0/s1. The predicted molar refractivity (Wildman–Crippen MR) is 158 cm³/mol. The number of halogens is 3. The van der Waals surface area contributed by atoms with Crippen LogP contribution in [0, 0.1) is 0 Å². The second kappa shape index (κ2) is 13.5. The summed E-state index contributed by atoms with van der Waals surface area (Å²) in [5.74, 6) is -0.976. The molecule has 0 saturated heterocycles. The summed E-state index contributed by atoms with van der Waals surface area (Å²) in [6, 6.07) is 19.5. The molecule has 1 N–H and O–H groups in total. The first-order valence-corrected chi connectivity index (χ1v) is 15.1. The van der Waals surface area contributed by atoms with Crippen LogP contribution >= 0.6 is 34.8 Å². The molecule has 0 fully saturated rings. The molecule has 0 heterocycles. The molecule has 11 heteroatoms. The first-order valence-electron chi connectivity index (χ1n) is 12.2. The summed E-state index contributed by atoms with van der Waals surface area (Å²) in [5.41, 5.74) is 1.54. The van der Waals surface area contributed by atoms with E-state index in [9.17, 15) is 18.0 Å². The number of benzene rings is 3. The van der Waals surface area contributed by atoms with Crippen molar-refractivity contribution >= 4 is 62.3 Å². The second-order valence-corrected chi connectivity index (χ2v) is 12.5. The lowest BCUT2D eigenvalue weighted by atomic mass is 10.0. The lowest BCUT2D eigenvalue weighted by molar-refractivity contribution is -0.140. The van der Waals surface area contributed by atoms with Crippen LogP contribution in [0.3, 0.4) is 0 Å². The monoisotopic (exact) mass is 609 g/mol. The van der Waals surface area contributed by atoms with Crippen molar-refractivity contribution in [3.8, 4) is 0 Å². The van der Waals surface area contributed by atoms with Gasteiger partial charge in [-0.05, 0) is 49.2 Å². The zero-order chi connectivity index (χ0) is 28.7.